The van der Waals surface area contributed by atoms with E-state index in [9.17, 15) is 13.2 Å². The number of aromatic amines is 1. The quantitative estimate of drug-likeness (QED) is 0.774. The maximum absolute atomic E-state index is 13.5. The zero-order valence-corrected chi connectivity index (χ0v) is 12.2. The predicted molar refractivity (Wildman–Crippen MR) is 75.9 cm³/mol. The third-order valence-electron chi connectivity index (χ3n) is 2.99. The maximum atomic E-state index is 13.5. The molecule has 0 aliphatic rings. The smallest absolute Gasteiger partial charge is 0.182 e. The lowest BCUT2D eigenvalue weighted by Crippen LogP contribution is -2.04. The minimum Gasteiger partial charge on any atom is -0.377 e. The van der Waals surface area contributed by atoms with E-state index >= 15 is 0 Å². The van der Waals surface area contributed by atoms with Crippen LogP contribution in [0, 0.1) is 17.5 Å². The SMILES string of the molecule is CCCCc1nc(Cl)c(CNc2cc(F)cc(F)c2F)[nH]1. The van der Waals surface area contributed by atoms with Crippen molar-refractivity contribution in [1.82, 2.24) is 9.97 Å². The highest BCUT2D eigenvalue weighted by Gasteiger charge is 2.13. The maximum Gasteiger partial charge on any atom is 0.182 e. The molecule has 0 aliphatic heterocycles. The molecule has 3 nitrogen and oxygen atoms in total. The van der Waals surface area contributed by atoms with Crippen molar-refractivity contribution in [1.29, 1.82) is 0 Å². The Kier molecular flexibility index (Phi) is 5.12. The number of nitrogens with one attached hydrogen (secondary N) is 2. The Morgan fingerprint density at radius 2 is 2.05 bits per heavy atom. The van der Waals surface area contributed by atoms with Crippen LogP contribution in [-0.4, -0.2) is 9.97 Å². The van der Waals surface area contributed by atoms with Crippen LogP contribution in [-0.2, 0) is 13.0 Å². The number of rotatable bonds is 6. The van der Waals surface area contributed by atoms with E-state index in [1.165, 1.54) is 0 Å². The van der Waals surface area contributed by atoms with Crippen LogP contribution in [0.4, 0.5) is 18.9 Å². The van der Waals surface area contributed by atoms with E-state index in [0.29, 0.717) is 11.8 Å². The molecule has 0 aliphatic carbocycles. The van der Waals surface area contributed by atoms with Gasteiger partial charge in [-0.1, -0.05) is 24.9 Å². The summed E-state index contributed by atoms with van der Waals surface area (Å²) in [6, 6.07) is 1.38. The minimum atomic E-state index is -1.24. The summed E-state index contributed by atoms with van der Waals surface area (Å²) in [5.74, 6) is -2.48. The first-order valence-corrected chi connectivity index (χ1v) is 7.00. The number of hydrogen-bond donors (Lipinski definition) is 2. The highest BCUT2D eigenvalue weighted by Crippen LogP contribution is 2.21. The fourth-order valence-corrected chi connectivity index (χ4v) is 2.10. The Hall–Kier alpha value is -1.69. The molecule has 21 heavy (non-hydrogen) atoms. The third kappa shape index (κ3) is 3.91. The first-order valence-electron chi connectivity index (χ1n) is 6.63. The normalized spacial score (nSPS) is 10.9. The average Bonchev–Trinajstić information content (AvgIpc) is 2.79. The number of hydrogen-bond acceptors (Lipinski definition) is 2. The molecule has 2 N–H and O–H groups in total. The van der Waals surface area contributed by atoms with Gasteiger partial charge in [0.15, 0.2) is 16.8 Å². The minimum absolute atomic E-state index is 0.0950. The van der Waals surface area contributed by atoms with E-state index in [1.54, 1.807) is 0 Å². The van der Waals surface area contributed by atoms with Gasteiger partial charge in [-0.05, 0) is 6.42 Å². The second kappa shape index (κ2) is 6.85. The molecule has 0 saturated carbocycles. The van der Waals surface area contributed by atoms with Crippen LogP contribution in [0.25, 0.3) is 0 Å². The third-order valence-corrected chi connectivity index (χ3v) is 3.31. The number of aromatic nitrogens is 2. The number of anilines is 1. The Balaban J connectivity index is 2.08. The monoisotopic (exact) mass is 317 g/mol. The van der Waals surface area contributed by atoms with Crippen molar-refractivity contribution in [3.63, 3.8) is 0 Å². The Labute approximate surface area is 125 Å². The van der Waals surface area contributed by atoms with Gasteiger partial charge < -0.3 is 10.3 Å². The van der Waals surface area contributed by atoms with Crippen LogP contribution in [0.2, 0.25) is 5.15 Å². The number of halogens is 4. The Morgan fingerprint density at radius 3 is 2.76 bits per heavy atom. The lowest BCUT2D eigenvalue weighted by atomic mass is 10.2. The Morgan fingerprint density at radius 1 is 1.29 bits per heavy atom. The molecule has 2 rings (SSSR count). The van der Waals surface area contributed by atoms with Crippen LogP contribution in [0.3, 0.4) is 0 Å². The molecule has 1 aromatic heterocycles. The summed E-state index contributed by atoms with van der Waals surface area (Å²) >= 11 is 5.97. The van der Waals surface area contributed by atoms with Crippen molar-refractivity contribution in [2.75, 3.05) is 5.32 Å². The fourth-order valence-electron chi connectivity index (χ4n) is 1.89. The number of nitrogens with zero attached hydrogens (tertiary/aromatic N) is 1. The first kappa shape index (κ1) is 15.7. The van der Waals surface area contributed by atoms with Crippen LogP contribution < -0.4 is 5.32 Å². The van der Waals surface area contributed by atoms with Gasteiger partial charge in [0, 0.05) is 18.6 Å². The van der Waals surface area contributed by atoms with E-state index < -0.39 is 17.5 Å². The summed E-state index contributed by atoms with van der Waals surface area (Å²) in [6.07, 6.45) is 2.76. The van der Waals surface area contributed by atoms with E-state index in [4.69, 9.17) is 11.6 Å². The van der Waals surface area contributed by atoms with Crippen molar-refractivity contribution in [2.45, 2.75) is 32.7 Å². The van der Waals surface area contributed by atoms with Gasteiger partial charge in [0.05, 0.1) is 17.9 Å². The van der Waals surface area contributed by atoms with Gasteiger partial charge in [-0.25, -0.2) is 18.2 Å². The molecule has 7 heteroatoms. The van der Waals surface area contributed by atoms with E-state index in [2.05, 4.69) is 22.2 Å². The van der Waals surface area contributed by atoms with Crippen molar-refractivity contribution >= 4 is 17.3 Å². The van der Waals surface area contributed by atoms with Gasteiger partial charge in [0.2, 0.25) is 0 Å². The molecule has 0 saturated heterocycles. The first-order chi connectivity index (χ1) is 10.0. The number of aryl methyl sites for hydroxylation is 1. The lowest BCUT2D eigenvalue weighted by molar-refractivity contribution is 0.497. The van der Waals surface area contributed by atoms with Gasteiger partial charge in [-0.3, -0.25) is 0 Å². The van der Waals surface area contributed by atoms with Gasteiger partial charge >= 0.3 is 0 Å². The molecule has 2 aromatic rings. The van der Waals surface area contributed by atoms with E-state index in [-0.39, 0.29) is 17.4 Å². The summed E-state index contributed by atoms with van der Waals surface area (Å²) in [5.41, 5.74) is 0.292. The van der Waals surface area contributed by atoms with E-state index in [0.717, 1.165) is 31.2 Å². The van der Waals surface area contributed by atoms with Gasteiger partial charge in [-0.2, -0.15) is 0 Å². The number of imidazole rings is 1. The number of unbranched alkanes of at least 4 members (excludes halogenated alkanes) is 1. The zero-order chi connectivity index (χ0) is 15.4. The summed E-state index contributed by atoms with van der Waals surface area (Å²) in [4.78, 5) is 7.17. The van der Waals surface area contributed by atoms with Crippen molar-refractivity contribution in [2.24, 2.45) is 0 Å². The largest absolute Gasteiger partial charge is 0.377 e. The second-order valence-electron chi connectivity index (χ2n) is 4.66. The molecule has 0 fully saturated rings. The average molecular weight is 318 g/mol. The predicted octanol–water partition coefficient (Wildman–Crippen LogP) is 4.44. The standard InChI is InChI=1S/C14H15ClF3N3/c1-2-3-4-12-20-11(14(15)21-12)7-19-10-6-8(16)5-9(17)13(10)18/h5-6,19H,2-4,7H2,1H3,(H,20,21). The highest BCUT2D eigenvalue weighted by atomic mass is 35.5. The summed E-state index contributed by atoms with van der Waals surface area (Å²) in [7, 11) is 0. The molecule has 0 atom stereocenters. The van der Waals surface area contributed by atoms with Gasteiger partial charge in [-0.15, -0.1) is 0 Å². The molecule has 114 valence electrons. The number of H-pyrrole nitrogens is 1. The van der Waals surface area contributed by atoms with Crippen molar-refractivity contribution in [3.8, 4) is 0 Å². The van der Waals surface area contributed by atoms with Crippen molar-refractivity contribution < 1.29 is 13.2 Å². The fraction of sp³-hybridized carbons (Fsp3) is 0.357. The molecule has 1 aromatic carbocycles. The molecular weight excluding hydrogens is 303 g/mol. The van der Waals surface area contributed by atoms with Gasteiger partial charge in [0.25, 0.3) is 0 Å². The molecule has 0 spiro atoms. The Bertz CT molecular complexity index is 628. The van der Waals surface area contributed by atoms with Crippen LogP contribution in [0.5, 0.6) is 0 Å². The molecule has 0 unspecified atom stereocenters. The molecule has 1 heterocycles. The summed E-state index contributed by atoms with van der Waals surface area (Å²) in [5, 5.41) is 2.88. The number of benzene rings is 1. The van der Waals surface area contributed by atoms with E-state index in [1.807, 2.05) is 0 Å². The van der Waals surface area contributed by atoms with Crippen LogP contribution >= 0.6 is 11.6 Å². The zero-order valence-electron chi connectivity index (χ0n) is 11.4. The molecule has 0 radical (unpaired) electrons. The molecule has 0 amide bonds. The summed E-state index contributed by atoms with van der Waals surface area (Å²) in [6.45, 7) is 2.16. The lowest BCUT2D eigenvalue weighted by Gasteiger charge is -2.07. The van der Waals surface area contributed by atoms with Crippen LogP contribution in [0.1, 0.15) is 31.3 Å². The molecular formula is C14H15ClF3N3. The topological polar surface area (TPSA) is 40.7 Å². The molecule has 0 bridgehead atoms. The highest BCUT2D eigenvalue weighted by molar-refractivity contribution is 6.30. The summed E-state index contributed by atoms with van der Waals surface area (Å²) < 4.78 is 39.6. The van der Waals surface area contributed by atoms with Crippen LogP contribution in [0.15, 0.2) is 12.1 Å². The van der Waals surface area contributed by atoms with Crippen molar-refractivity contribution in [3.05, 3.63) is 46.3 Å². The second-order valence-corrected chi connectivity index (χ2v) is 5.02. The van der Waals surface area contributed by atoms with Gasteiger partial charge in [0.1, 0.15) is 11.6 Å².